The number of thiophene rings is 1. The normalized spacial score (nSPS) is 21.2. The summed E-state index contributed by atoms with van der Waals surface area (Å²) in [6.45, 7) is 1.67. The lowest BCUT2D eigenvalue weighted by molar-refractivity contribution is 0.482. The van der Waals surface area contributed by atoms with Gasteiger partial charge in [0.05, 0.1) is 21.2 Å². The van der Waals surface area contributed by atoms with E-state index < -0.39 is 21.4 Å². The van der Waals surface area contributed by atoms with E-state index in [-0.39, 0.29) is 23.2 Å². The molecule has 1 aromatic carbocycles. The van der Waals surface area contributed by atoms with Gasteiger partial charge in [-0.3, -0.25) is 0 Å². The van der Waals surface area contributed by atoms with Gasteiger partial charge in [0.1, 0.15) is 11.4 Å². The maximum atomic E-state index is 14.2. The molecule has 0 bridgehead atoms. The number of aromatic nitrogens is 2. The molecule has 0 fully saturated rings. The molecule has 3 heterocycles. The highest BCUT2D eigenvalue weighted by molar-refractivity contribution is 7.89. The minimum absolute atomic E-state index is 0.0537. The van der Waals surface area contributed by atoms with Crippen LogP contribution in [-0.4, -0.2) is 41.7 Å². The van der Waals surface area contributed by atoms with Gasteiger partial charge in [-0.15, -0.1) is 21.5 Å². The number of rotatable bonds is 3. The molecular weight excluding hydrogens is 441 g/mol. The van der Waals surface area contributed by atoms with Crippen molar-refractivity contribution in [3.63, 3.8) is 0 Å². The molecule has 152 valence electrons. The molecule has 1 unspecified atom stereocenters. The number of hydrogen-bond donors (Lipinski definition) is 1. The Hall–Kier alpha value is -2.50. The summed E-state index contributed by atoms with van der Waals surface area (Å²) >= 11 is 7.71. The largest absolute Gasteiger partial charge is 0.423 e. The minimum atomic E-state index is -3.63. The molecule has 3 aromatic rings. The van der Waals surface area contributed by atoms with Crippen molar-refractivity contribution in [1.29, 1.82) is 0 Å². The zero-order valence-electron chi connectivity index (χ0n) is 15.3. The number of sulfonamides is 1. The Morgan fingerprint density at radius 2 is 2.14 bits per heavy atom. The molecule has 29 heavy (non-hydrogen) atoms. The first-order valence-electron chi connectivity index (χ1n) is 8.29. The van der Waals surface area contributed by atoms with E-state index in [9.17, 15) is 12.8 Å². The summed E-state index contributed by atoms with van der Waals surface area (Å²) in [6.07, 6.45) is 1.12. The van der Waals surface area contributed by atoms with Crippen molar-refractivity contribution < 1.29 is 17.2 Å². The van der Waals surface area contributed by atoms with E-state index in [0.717, 1.165) is 10.7 Å². The number of halogens is 2. The van der Waals surface area contributed by atoms with Gasteiger partial charge in [-0.1, -0.05) is 17.7 Å². The van der Waals surface area contributed by atoms with Crippen molar-refractivity contribution in [2.45, 2.75) is 12.5 Å². The smallest absolute Gasteiger partial charge is 0.250 e. The van der Waals surface area contributed by atoms with Crippen molar-refractivity contribution in [2.24, 2.45) is 10.7 Å². The Bertz CT molecular complexity index is 1230. The van der Waals surface area contributed by atoms with Crippen molar-refractivity contribution in [2.75, 3.05) is 12.8 Å². The first-order chi connectivity index (χ1) is 13.6. The molecule has 0 saturated heterocycles. The lowest BCUT2D eigenvalue weighted by Gasteiger charge is -2.33. The van der Waals surface area contributed by atoms with Crippen LogP contribution >= 0.6 is 22.9 Å². The maximum Gasteiger partial charge on any atom is 0.250 e. The third-order valence-corrected chi connectivity index (χ3v) is 8.38. The van der Waals surface area contributed by atoms with Crippen molar-refractivity contribution in [3.8, 4) is 21.9 Å². The molecule has 1 atom stereocenters. The molecule has 8 nitrogen and oxygen atoms in total. The fraction of sp³-hybridized carbons (Fsp3) is 0.235. The molecule has 4 rings (SSSR count). The Kier molecular flexibility index (Phi) is 4.63. The summed E-state index contributed by atoms with van der Waals surface area (Å²) in [7, 11) is -2.28. The highest BCUT2D eigenvalue weighted by Crippen LogP contribution is 2.44. The molecule has 2 aromatic heterocycles. The third kappa shape index (κ3) is 3.38. The van der Waals surface area contributed by atoms with E-state index in [1.807, 2.05) is 0 Å². The Balaban J connectivity index is 1.79. The molecule has 1 aliphatic rings. The van der Waals surface area contributed by atoms with E-state index in [4.69, 9.17) is 21.8 Å². The Morgan fingerprint density at radius 1 is 1.38 bits per heavy atom. The lowest BCUT2D eigenvalue weighted by Crippen LogP contribution is -2.50. The second-order valence-corrected chi connectivity index (χ2v) is 10.2. The van der Waals surface area contributed by atoms with Gasteiger partial charge in [0, 0.05) is 11.9 Å². The standard InChI is InChI=1S/C17H15ClFN5O3S2/c1-17(7-29(25,26)24(2)16(20)22-17)14-11(18)6-13(28-14)9-3-4-12(19)10(5-9)15-23-21-8-27-15/h3-6,8H,7H2,1-2H3,(H2,20,22). The van der Waals surface area contributed by atoms with Gasteiger partial charge in [0.15, 0.2) is 0 Å². The van der Waals surface area contributed by atoms with Gasteiger partial charge in [-0.25, -0.2) is 22.1 Å². The zero-order valence-corrected chi connectivity index (χ0v) is 17.6. The van der Waals surface area contributed by atoms with Crippen molar-refractivity contribution in [1.82, 2.24) is 14.5 Å². The Labute approximate surface area is 174 Å². The number of nitrogens with zero attached hydrogens (tertiary/aromatic N) is 4. The van der Waals surface area contributed by atoms with Crippen LogP contribution in [0.1, 0.15) is 11.8 Å². The monoisotopic (exact) mass is 455 g/mol. The van der Waals surface area contributed by atoms with Gasteiger partial charge < -0.3 is 10.2 Å². The Morgan fingerprint density at radius 3 is 2.79 bits per heavy atom. The third-order valence-electron chi connectivity index (χ3n) is 4.58. The minimum Gasteiger partial charge on any atom is -0.423 e. The molecule has 0 spiro atoms. The van der Waals surface area contributed by atoms with E-state index in [0.29, 0.717) is 20.3 Å². The van der Waals surface area contributed by atoms with Crippen molar-refractivity contribution >= 4 is 38.9 Å². The van der Waals surface area contributed by atoms with Crippen LogP contribution in [0.25, 0.3) is 21.9 Å². The highest BCUT2D eigenvalue weighted by Gasteiger charge is 2.42. The topological polar surface area (TPSA) is 115 Å². The number of guanidine groups is 1. The molecule has 0 aliphatic carbocycles. The first-order valence-corrected chi connectivity index (χ1v) is 11.1. The molecule has 2 N–H and O–H groups in total. The van der Waals surface area contributed by atoms with Crippen LogP contribution in [-0.2, 0) is 15.6 Å². The predicted molar refractivity (Wildman–Crippen MR) is 109 cm³/mol. The molecule has 1 aliphatic heterocycles. The zero-order chi connectivity index (χ0) is 21.0. The van der Waals surface area contributed by atoms with Crippen LogP contribution in [0.3, 0.4) is 0 Å². The van der Waals surface area contributed by atoms with Crippen molar-refractivity contribution in [3.05, 3.63) is 46.4 Å². The van der Waals surface area contributed by atoms with Crippen LogP contribution in [0.4, 0.5) is 4.39 Å². The molecule has 12 heteroatoms. The fourth-order valence-electron chi connectivity index (χ4n) is 3.08. The summed E-state index contributed by atoms with van der Waals surface area (Å²) in [6, 6.07) is 6.14. The van der Waals surface area contributed by atoms with Gasteiger partial charge in [0.2, 0.25) is 28.3 Å². The fourth-order valence-corrected chi connectivity index (χ4v) is 6.24. The summed E-state index contributed by atoms with van der Waals surface area (Å²) in [5.41, 5.74) is 5.50. The van der Waals surface area contributed by atoms with E-state index in [1.54, 1.807) is 25.1 Å². The van der Waals surface area contributed by atoms with Crippen LogP contribution in [0, 0.1) is 5.82 Å². The van der Waals surface area contributed by atoms with Gasteiger partial charge in [0.25, 0.3) is 0 Å². The van der Waals surface area contributed by atoms with E-state index in [1.165, 1.54) is 24.5 Å². The second kappa shape index (κ2) is 6.78. The van der Waals surface area contributed by atoms with Crippen LogP contribution < -0.4 is 5.73 Å². The molecule has 0 amide bonds. The molecule has 0 radical (unpaired) electrons. The number of benzene rings is 1. The second-order valence-electron chi connectivity index (χ2n) is 6.69. The summed E-state index contributed by atoms with van der Waals surface area (Å²) < 4.78 is 45.1. The predicted octanol–water partition coefficient (Wildman–Crippen LogP) is 3.06. The number of aliphatic imine (C=N–C) groups is 1. The summed E-state index contributed by atoms with van der Waals surface area (Å²) in [4.78, 5) is 5.63. The maximum absolute atomic E-state index is 14.2. The lowest BCUT2D eigenvalue weighted by atomic mass is 10.0. The average molecular weight is 456 g/mol. The van der Waals surface area contributed by atoms with Gasteiger partial charge in [-0.2, -0.15) is 0 Å². The SMILES string of the molecule is CN1C(N)=NC(C)(c2sc(-c3ccc(F)c(-c4nnco4)c3)cc2Cl)CS1(=O)=O. The molecule has 0 saturated carbocycles. The van der Waals surface area contributed by atoms with Crippen LogP contribution in [0.5, 0.6) is 0 Å². The first kappa shape index (κ1) is 19.8. The summed E-state index contributed by atoms with van der Waals surface area (Å²) in [5, 5.41) is 7.66. The van der Waals surface area contributed by atoms with Gasteiger partial charge in [-0.05, 0) is 30.7 Å². The van der Waals surface area contributed by atoms with E-state index >= 15 is 0 Å². The van der Waals surface area contributed by atoms with Crippen LogP contribution in [0.15, 0.2) is 40.1 Å². The summed E-state index contributed by atoms with van der Waals surface area (Å²) in [5.74, 6) is -0.831. The quantitative estimate of drug-likeness (QED) is 0.649. The van der Waals surface area contributed by atoms with Gasteiger partial charge >= 0.3 is 0 Å². The van der Waals surface area contributed by atoms with E-state index in [2.05, 4.69) is 15.2 Å². The average Bonchev–Trinajstić information content (AvgIpc) is 3.30. The van der Waals surface area contributed by atoms with Crippen LogP contribution in [0.2, 0.25) is 5.02 Å². The highest BCUT2D eigenvalue weighted by atomic mass is 35.5. The number of nitrogens with two attached hydrogens (primary N) is 1. The molecular formula is C17H15ClFN5O3S2. The number of hydrogen-bond acceptors (Lipinski definition) is 8.